The Labute approximate surface area is 121 Å². The van der Waals surface area contributed by atoms with Gasteiger partial charge in [0.15, 0.2) is 0 Å². The fourth-order valence-electron chi connectivity index (χ4n) is 1.77. The van der Waals surface area contributed by atoms with E-state index < -0.39 is 0 Å². The average Bonchev–Trinajstić information content (AvgIpc) is 2.89. The highest BCUT2D eigenvalue weighted by molar-refractivity contribution is 5.74. The highest BCUT2D eigenvalue weighted by Crippen LogP contribution is 2.19. The van der Waals surface area contributed by atoms with E-state index in [-0.39, 0.29) is 0 Å². The Hall–Kier alpha value is -2.29. The van der Waals surface area contributed by atoms with Gasteiger partial charge in [0, 0.05) is 43.8 Å². The van der Waals surface area contributed by atoms with Crippen molar-refractivity contribution >= 4 is 16.9 Å². The number of hydrogen-bond acceptors (Lipinski definition) is 2. The van der Waals surface area contributed by atoms with Crippen LogP contribution in [0.25, 0.3) is 11.2 Å². The van der Waals surface area contributed by atoms with Crippen LogP contribution in [0.3, 0.4) is 0 Å². The van der Waals surface area contributed by atoms with Gasteiger partial charge in [-0.05, 0) is 6.07 Å². The molecule has 0 aromatic carbocycles. The summed E-state index contributed by atoms with van der Waals surface area (Å²) in [6.45, 7) is 11.5. The van der Waals surface area contributed by atoms with E-state index in [1.807, 2.05) is 50.8 Å². The smallest absolute Gasteiger partial charge is 0.139 e. The van der Waals surface area contributed by atoms with Gasteiger partial charge < -0.3 is 9.30 Å². The van der Waals surface area contributed by atoms with E-state index in [0.29, 0.717) is 0 Å². The molecule has 2 rings (SSSR count). The van der Waals surface area contributed by atoms with Crippen molar-refractivity contribution in [1.82, 2.24) is 9.38 Å². The van der Waals surface area contributed by atoms with E-state index in [1.54, 1.807) is 12.2 Å². The van der Waals surface area contributed by atoms with Gasteiger partial charge in [-0.25, -0.2) is 4.98 Å². The van der Waals surface area contributed by atoms with E-state index in [9.17, 15) is 0 Å². The lowest BCUT2D eigenvalue weighted by atomic mass is 10.2. The molecule has 0 unspecified atom stereocenters. The topological polar surface area (TPSA) is 20.5 Å². The number of nitrogens with zero attached hydrogens (tertiary/aromatic N) is 3. The number of aromatic nitrogens is 2. The lowest BCUT2D eigenvalue weighted by molar-refractivity contribution is 1.10. The predicted molar refractivity (Wildman–Crippen MR) is 89.2 cm³/mol. The second-order valence-electron chi connectivity index (χ2n) is 4.23. The molecule has 0 atom stereocenters. The molecule has 3 heteroatoms. The van der Waals surface area contributed by atoms with Crippen LogP contribution in [0.2, 0.25) is 0 Å². The Kier molecular flexibility index (Phi) is 5.78. The molecule has 2 aromatic heterocycles. The van der Waals surface area contributed by atoms with E-state index in [4.69, 9.17) is 0 Å². The summed E-state index contributed by atoms with van der Waals surface area (Å²) < 4.78 is 2.00. The first-order valence-electron chi connectivity index (χ1n) is 6.77. The van der Waals surface area contributed by atoms with Gasteiger partial charge in [-0.3, -0.25) is 0 Å². The molecule has 2 heterocycles. The van der Waals surface area contributed by atoms with Crippen molar-refractivity contribution in [2.75, 3.05) is 19.0 Å². The van der Waals surface area contributed by atoms with Crippen molar-refractivity contribution in [3.63, 3.8) is 0 Å². The van der Waals surface area contributed by atoms with Crippen molar-refractivity contribution in [3.8, 4) is 0 Å². The predicted octanol–water partition coefficient (Wildman–Crippen LogP) is 4.18. The third-order valence-corrected chi connectivity index (χ3v) is 2.77. The quantitative estimate of drug-likeness (QED) is 0.776. The molecule has 0 aliphatic rings. The first-order chi connectivity index (χ1) is 9.65. The van der Waals surface area contributed by atoms with Gasteiger partial charge in [0.05, 0.1) is 5.69 Å². The molecule has 0 saturated carbocycles. The average molecular weight is 269 g/mol. The molecule has 0 radical (unpaired) electrons. The summed E-state index contributed by atoms with van der Waals surface area (Å²) in [7, 11) is 4.03. The van der Waals surface area contributed by atoms with Crippen LogP contribution in [0.4, 0.5) is 5.69 Å². The largest absolute Gasteiger partial charge is 0.378 e. The van der Waals surface area contributed by atoms with Crippen molar-refractivity contribution in [2.24, 2.45) is 0 Å². The van der Waals surface area contributed by atoms with E-state index >= 15 is 0 Å². The third-order valence-electron chi connectivity index (χ3n) is 2.77. The van der Waals surface area contributed by atoms with E-state index in [1.165, 1.54) is 0 Å². The van der Waals surface area contributed by atoms with Crippen LogP contribution in [0.15, 0.2) is 55.9 Å². The maximum atomic E-state index is 4.59. The Morgan fingerprint density at radius 2 is 2.00 bits per heavy atom. The van der Waals surface area contributed by atoms with Gasteiger partial charge in [0.2, 0.25) is 0 Å². The molecule has 0 bridgehead atoms. The first kappa shape index (κ1) is 15.8. The van der Waals surface area contributed by atoms with E-state index in [0.717, 1.165) is 22.6 Å². The third kappa shape index (κ3) is 3.38. The molecular weight excluding hydrogens is 246 g/mol. The van der Waals surface area contributed by atoms with Crippen LogP contribution in [0.5, 0.6) is 0 Å². The van der Waals surface area contributed by atoms with Crippen LogP contribution >= 0.6 is 0 Å². The number of rotatable bonds is 4. The zero-order valence-electron chi connectivity index (χ0n) is 12.8. The van der Waals surface area contributed by atoms with E-state index in [2.05, 4.69) is 35.2 Å². The van der Waals surface area contributed by atoms with Crippen LogP contribution in [-0.4, -0.2) is 23.5 Å². The minimum Gasteiger partial charge on any atom is -0.378 e. The van der Waals surface area contributed by atoms with Crippen LogP contribution in [0.1, 0.15) is 19.5 Å². The fraction of sp³-hybridized carbons (Fsp3) is 0.235. The van der Waals surface area contributed by atoms with Gasteiger partial charge in [0.1, 0.15) is 5.65 Å². The van der Waals surface area contributed by atoms with Crippen LogP contribution in [-0.2, 0) is 0 Å². The summed E-state index contributed by atoms with van der Waals surface area (Å²) in [5.41, 5.74) is 3.93. The van der Waals surface area contributed by atoms with Gasteiger partial charge in [-0.1, -0.05) is 45.2 Å². The maximum Gasteiger partial charge on any atom is 0.139 e. The standard InChI is InChI=1S/C15H17N3.C2H6/c1-5-7-12(6-2)14-11-18-9-8-13(17(3)4)10-15(18)16-14;1-2/h5-11H,1-2H2,3-4H3;1-2H3/b12-7+;. The van der Waals surface area contributed by atoms with Gasteiger partial charge in [-0.2, -0.15) is 0 Å². The summed E-state index contributed by atoms with van der Waals surface area (Å²) in [5, 5.41) is 0. The van der Waals surface area contributed by atoms with Crippen molar-refractivity contribution in [3.05, 3.63) is 61.6 Å². The molecule has 0 fully saturated rings. The monoisotopic (exact) mass is 269 g/mol. The van der Waals surface area contributed by atoms with Crippen molar-refractivity contribution < 1.29 is 0 Å². The molecule has 2 aromatic rings. The minimum absolute atomic E-state index is 0.904. The Balaban J connectivity index is 0.000000956. The molecule has 106 valence electrons. The number of pyridine rings is 1. The van der Waals surface area contributed by atoms with Crippen molar-refractivity contribution in [2.45, 2.75) is 13.8 Å². The van der Waals surface area contributed by atoms with Gasteiger partial charge in [0.25, 0.3) is 0 Å². The normalized spacial score (nSPS) is 10.7. The molecule has 20 heavy (non-hydrogen) atoms. The summed E-state index contributed by atoms with van der Waals surface area (Å²) in [4.78, 5) is 6.65. The highest BCUT2D eigenvalue weighted by atomic mass is 15.1. The number of anilines is 1. The molecule has 0 aliphatic carbocycles. The second-order valence-corrected chi connectivity index (χ2v) is 4.23. The Morgan fingerprint density at radius 3 is 2.55 bits per heavy atom. The molecule has 0 spiro atoms. The van der Waals surface area contributed by atoms with Crippen LogP contribution in [0, 0.1) is 0 Å². The molecule has 0 aliphatic heterocycles. The van der Waals surface area contributed by atoms with Gasteiger partial charge >= 0.3 is 0 Å². The molecule has 3 nitrogen and oxygen atoms in total. The molecule has 0 saturated heterocycles. The summed E-state index contributed by atoms with van der Waals surface area (Å²) in [6, 6.07) is 4.11. The fourth-order valence-corrected chi connectivity index (χ4v) is 1.77. The maximum absolute atomic E-state index is 4.59. The summed E-state index contributed by atoms with van der Waals surface area (Å²) >= 11 is 0. The lowest BCUT2D eigenvalue weighted by Gasteiger charge is -2.11. The lowest BCUT2D eigenvalue weighted by Crippen LogP contribution is -2.08. The van der Waals surface area contributed by atoms with Crippen molar-refractivity contribution in [1.29, 1.82) is 0 Å². The highest BCUT2D eigenvalue weighted by Gasteiger charge is 2.05. The zero-order chi connectivity index (χ0) is 15.1. The Morgan fingerprint density at radius 1 is 1.30 bits per heavy atom. The molecular formula is C17H23N3. The minimum atomic E-state index is 0.904. The number of imidazole rings is 1. The SMILES string of the molecule is C=C/C=C(\C=C)c1cn2ccc(N(C)C)cc2n1.CC. The number of fused-ring (bicyclic) bond motifs is 1. The van der Waals surface area contributed by atoms with Gasteiger partial charge in [-0.15, -0.1) is 0 Å². The first-order valence-corrected chi connectivity index (χ1v) is 6.77. The zero-order valence-corrected chi connectivity index (χ0v) is 12.8. The molecule has 0 amide bonds. The van der Waals surface area contributed by atoms with Crippen LogP contribution < -0.4 is 4.90 Å². The second kappa shape index (κ2) is 7.34. The Bertz CT molecular complexity index is 618. The number of hydrogen-bond donors (Lipinski definition) is 0. The molecule has 0 N–H and O–H groups in total. The summed E-state index contributed by atoms with van der Waals surface area (Å²) in [5.74, 6) is 0. The number of allylic oxidation sites excluding steroid dienone is 4. The summed E-state index contributed by atoms with van der Waals surface area (Å²) in [6.07, 6.45) is 9.44.